The molecule has 0 atom stereocenters. The number of amides is 1. The highest BCUT2D eigenvalue weighted by Crippen LogP contribution is 2.25. The van der Waals surface area contributed by atoms with Crippen LogP contribution in [0.2, 0.25) is 5.02 Å². The Bertz CT molecular complexity index is 898. The average molecular weight is 345 g/mol. The maximum Gasteiger partial charge on any atom is 0.261 e. The van der Waals surface area contributed by atoms with Crippen LogP contribution in [-0.2, 0) is 6.54 Å². The van der Waals surface area contributed by atoms with Crippen LogP contribution in [0.25, 0.3) is 11.4 Å². The lowest BCUT2D eigenvalue weighted by atomic mass is 10.2. The van der Waals surface area contributed by atoms with E-state index in [0.717, 1.165) is 11.3 Å². The van der Waals surface area contributed by atoms with E-state index in [-0.39, 0.29) is 11.9 Å². The summed E-state index contributed by atoms with van der Waals surface area (Å²) in [5.41, 5.74) is 2.75. The largest absolute Gasteiger partial charge is 0.289 e. The normalized spacial score (nSPS) is 10.8. The molecule has 8 heteroatoms. The van der Waals surface area contributed by atoms with Gasteiger partial charge in [-0.1, -0.05) is 23.7 Å². The van der Waals surface area contributed by atoms with Crippen molar-refractivity contribution in [3.8, 4) is 11.4 Å². The molecule has 1 aromatic carbocycles. The van der Waals surface area contributed by atoms with Gasteiger partial charge >= 0.3 is 0 Å². The molecule has 0 aliphatic carbocycles. The van der Waals surface area contributed by atoms with Gasteiger partial charge in [0, 0.05) is 17.8 Å². The monoisotopic (exact) mass is 344 g/mol. The Balaban J connectivity index is 1.84. The van der Waals surface area contributed by atoms with Crippen molar-refractivity contribution in [1.82, 2.24) is 25.0 Å². The summed E-state index contributed by atoms with van der Waals surface area (Å²) < 4.78 is 1.79. The highest BCUT2D eigenvalue weighted by Gasteiger charge is 2.19. The summed E-state index contributed by atoms with van der Waals surface area (Å²) in [6, 6.07) is 7.28. The third kappa shape index (κ3) is 2.90. The highest BCUT2D eigenvalue weighted by molar-refractivity contribution is 6.33. The summed E-state index contributed by atoms with van der Waals surface area (Å²) in [7, 11) is 0. The second kappa shape index (κ2) is 6.45. The summed E-state index contributed by atoms with van der Waals surface area (Å²) >= 11 is 6.14. The number of aromatic amines is 1. The van der Waals surface area contributed by atoms with Crippen LogP contribution in [0.5, 0.6) is 0 Å². The molecule has 0 saturated carbocycles. The van der Waals surface area contributed by atoms with Crippen molar-refractivity contribution in [3.05, 3.63) is 46.2 Å². The molecule has 0 aliphatic rings. The zero-order chi connectivity index (χ0) is 17.3. The first-order valence-electron chi connectivity index (χ1n) is 7.54. The summed E-state index contributed by atoms with van der Waals surface area (Å²) in [5, 5.41) is 14.4. The SMILES string of the molecule is CCn1nc(C)c(C(=O)Nc2n[nH]c(-c3ccccc3Cl)n2)c1C. The summed E-state index contributed by atoms with van der Waals surface area (Å²) in [5.74, 6) is 0.404. The first-order chi connectivity index (χ1) is 11.5. The molecule has 1 amide bonds. The molecular weight excluding hydrogens is 328 g/mol. The minimum absolute atomic E-state index is 0.193. The fourth-order valence-corrected chi connectivity index (χ4v) is 2.81. The maximum absolute atomic E-state index is 12.5. The van der Waals surface area contributed by atoms with E-state index < -0.39 is 0 Å². The number of halogens is 1. The van der Waals surface area contributed by atoms with E-state index in [4.69, 9.17) is 11.6 Å². The van der Waals surface area contributed by atoms with Gasteiger partial charge in [-0.3, -0.25) is 19.9 Å². The number of H-pyrrole nitrogens is 1. The molecule has 0 aliphatic heterocycles. The first kappa shape index (κ1) is 16.2. The molecule has 24 heavy (non-hydrogen) atoms. The van der Waals surface area contributed by atoms with Gasteiger partial charge in [-0.05, 0) is 32.9 Å². The fourth-order valence-electron chi connectivity index (χ4n) is 2.59. The predicted octanol–water partition coefficient (Wildman–Crippen LogP) is 3.21. The van der Waals surface area contributed by atoms with Gasteiger partial charge < -0.3 is 0 Å². The van der Waals surface area contributed by atoms with Gasteiger partial charge in [0.2, 0.25) is 5.95 Å². The summed E-state index contributed by atoms with van der Waals surface area (Å²) in [6.45, 7) is 6.36. The Morgan fingerprint density at radius 3 is 2.75 bits per heavy atom. The number of nitrogens with one attached hydrogen (secondary N) is 2. The van der Waals surface area contributed by atoms with Crippen molar-refractivity contribution in [1.29, 1.82) is 0 Å². The van der Waals surface area contributed by atoms with Crippen molar-refractivity contribution in [2.24, 2.45) is 0 Å². The molecule has 2 N–H and O–H groups in total. The lowest BCUT2D eigenvalue weighted by Gasteiger charge is -2.02. The zero-order valence-electron chi connectivity index (χ0n) is 13.6. The number of benzene rings is 1. The number of aromatic nitrogens is 5. The number of aryl methyl sites for hydroxylation is 2. The van der Waals surface area contributed by atoms with Gasteiger partial charge in [0.1, 0.15) is 0 Å². The number of anilines is 1. The Kier molecular flexibility index (Phi) is 4.35. The van der Waals surface area contributed by atoms with Crippen molar-refractivity contribution in [2.75, 3.05) is 5.32 Å². The van der Waals surface area contributed by atoms with Gasteiger partial charge in [-0.2, -0.15) is 10.1 Å². The molecular formula is C16H17ClN6O. The Morgan fingerprint density at radius 1 is 1.33 bits per heavy atom. The van der Waals surface area contributed by atoms with E-state index in [9.17, 15) is 4.79 Å². The predicted molar refractivity (Wildman–Crippen MR) is 92.2 cm³/mol. The molecule has 2 aromatic heterocycles. The second-order valence-electron chi connectivity index (χ2n) is 5.30. The first-order valence-corrected chi connectivity index (χ1v) is 7.91. The van der Waals surface area contributed by atoms with Crippen molar-refractivity contribution >= 4 is 23.5 Å². The van der Waals surface area contributed by atoms with Crippen molar-refractivity contribution < 1.29 is 4.79 Å². The van der Waals surface area contributed by atoms with Gasteiger partial charge in [0.25, 0.3) is 5.91 Å². The Labute approximate surface area is 144 Å². The molecule has 0 saturated heterocycles. The van der Waals surface area contributed by atoms with Gasteiger partial charge in [-0.15, -0.1) is 5.10 Å². The fraction of sp³-hybridized carbons (Fsp3) is 0.250. The number of nitrogens with zero attached hydrogens (tertiary/aromatic N) is 4. The van der Waals surface area contributed by atoms with Gasteiger partial charge in [0.05, 0.1) is 16.3 Å². The number of rotatable bonds is 4. The van der Waals surface area contributed by atoms with Crippen molar-refractivity contribution in [2.45, 2.75) is 27.3 Å². The third-order valence-electron chi connectivity index (χ3n) is 3.75. The standard InChI is InChI=1S/C16H17ClN6O/c1-4-23-10(3)13(9(2)22-23)15(24)19-16-18-14(20-21-16)11-7-5-6-8-12(11)17/h5-8H,4H2,1-3H3,(H2,18,19,20,21,24). The van der Waals surface area contributed by atoms with E-state index >= 15 is 0 Å². The van der Waals surface area contributed by atoms with E-state index in [1.807, 2.05) is 32.0 Å². The Hall–Kier alpha value is -2.67. The van der Waals surface area contributed by atoms with Gasteiger partial charge in [0.15, 0.2) is 5.82 Å². The van der Waals surface area contributed by atoms with E-state index in [1.165, 1.54) is 0 Å². The van der Waals surface area contributed by atoms with E-state index in [2.05, 4.69) is 25.6 Å². The number of hydrogen-bond donors (Lipinski definition) is 2. The van der Waals surface area contributed by atoms with Crippen LogP contribution in [0.4, 0.5) is 5.95 Å². The molecule has 124 valence electrons. The molecule has 2 heterocycles. The molecule has 3 aromatic rings. The van der Waals surface area contributed by atoms with Crippen LogP contribution >= 0.6 is 11.6 Å². The third-order valence-corrected chi connectivity index (χ3v) is 4.08. The highest BCUT2D eigenvalue weighted by atomic mass is 35.5. The van der Waals surface area contributed by atoms with Crippen LogP contribution < -0.4 is 5.32 Å². The molecule has 0 bridgehead atoms. The minimum atomic E-state index is -0.283. The number of hydrogen-bond acceptors (Lipinski definition) is 4. The van der Waals surface area contributed by atoms with Crippen molar-refractivity contribution in [3.63, 3.8) is 0 Å². The average Bonchev–Trinajstić information content (AvgIpc) is 3.12. The molecule has 0 fully saturated rings. The molecule has 7 nitrogen and oxygen atoms in total. The number of carbonyl (C=O) groups is 1. The molecule has 0 unspecified atom stereocenters. The van der Waals surface area contributed by atoms with E-state index in [0.29, 0.717) is 28.6 Å². The molecule has 0 radical (unpaired) electrons. The van der Waals surface area contributed by atoms with Crippen LogP contribution in [0, 0.1) is 13.8 Å². The summed E-state index contributed by atoms with van der Waals surface area (Å²) in [6.07, 6.45) is 0. The summed E-state index contributed by atoms with van der Waals surface area (Å²) in [4.78, 5) is 16.8. The minimum Gasteiger partial charge on any atom is -0.289 e. The molecule has 3 rings (SSSR count). The van der Waals surface area contributed by atoms with Crippen LogP contribution in [0.1, 0.15) is 28.7 Å². The second-order valence-corrected chi connectivity index (χ2v) is 5.71. The van der Waals surface area contributed by atoms with Crippen LogP contribution in [-0.4, -0.2) is 30.9 Å². The molecule has 0 spiro atoms. The topological polar surface area (TPSA) is 88.5 Å². The lowest BCUT2D eigenvalue weighted by molar-refractivity contribution is 0.102. The van der Waals surface area contributed by atoms with E-state index in [1.54, 1.807) is 17.7 Å². The van der Waals surface area contributed by atoms with Crippen LogP contribution in [0.15, 0.2) is 24.3 Å². The zero-order valence-corrected chi connectivity index (χ0v) is 14.3. The number of carbonyl (C=O) groups excluding carboxylic acids is 1. The lowest BCUT2D eigenvalue weighted by Crippen LogP contribution is -2.15. The van der Waals surface area contributed by atoms with Crippen LogP contribution in [0.3, 0.4) is 0 Å². The Morgan fingerprint density at radius 2 is 2.08 bits per heavy atom. The maximum atomic E-state index is 12.5. The quantitative estimate of drug-likeness (QED) is 0.760. The van der Waals surface area contributed by atoms with Gasteiger partial charge in [-0.25, -0.2) is 0 Å². The smallest absolute Gasteiger partial charge is 0.261 e.